The van der Waals surface area contributed by atoms with E-state index in [0.29, 0.717) is 11.3 Å². The first-order valence-electron chi connectivity index (χ1n) is 8.04. The van der Waals surface area contributed by atoms with Crippen LogP contribution in [0.3, 0.4) is 0 Å². The van der Waals surface area contributed by atoms with Crippen LogP contribution in [0.4, 0.5) is 10.5 Å². The molecule has 1 rings (SSSR count). The van der Waals surface area contributed by atoms with E-state index in [1.165, 1.54) is 6.07 Å². The van der Waals surface area contributed by atoms with Crippen LogP contribution in [-0.2, 0) is 0 Å². The Bertz CT molecular complexity index is 591. The van der Waals surface area contributed by atoms with Gasteiger partial charge in [0.25, 0.3) is 5.69 Å². The standard InChI is InChI=1S/C17H26N2O5/c1-6-11(7-2)24-12-8-9-14(19(22)23)13(10-12)15(17(3,4)5)18-16(20)21/h8-11,15,18H,6-7H2,1-5H3,(H,20,21). The number of ether oxygens (including phenoxy) is 1. The van der Waals surface area contributed by atoms with Crippen molar-refractivity contribution < 1.29 is 19.6 Å². The van der Waals surface area contributed by atoms with Gasteiger partial charge in [0.15, 0.2) is 0 Å². The van der Waals surface area contributed by atoms with Crippen LogP contribution in [0.1, 0.15) is 59.1 Å². The van der Waals surface area contributed by atoms with Crippen LogP contribution in [0.15, 0.2) is 18.2 Å². The van der Waals surface area contributed by atoms with Gasteiger partial charge in [-0.05, 0) is 30.4 Å². The second kappa shape index (κ2) is 7.99. The quantitative estimate of drug-likeness (QED) is 0.562. The minimum atomic E-state index is -1.23. The molecule has 0 heterocycles. The first kappa shape index (κ1) is 19.7. The first-order chi connectivity index (χ1) is 11.1. The number of hydrogen-bond acceptors (Lipinski definition) is 4. The Kier molecular flexibility index (Phi) is 6.57. The summed E-state index contributed by atoms with van der Waals surface area (Å²) in [5.74, 6) is 0.505. The van der Waals surface area contributed by atoms with Crippen molar-refractivity contribution in [3.05, 3.63) is 33.9 Å². The van der Waals surface area contributed by atoms with Crippen molar-refractivity contribution >= 4 is 11.8 Å². The van der Waals surface area contributed by atoms with Gasteiger partial charge >= 0.3 is 6.09 Å². The molecular formula is C17H26N2O5. The number of nitrogens with one attached hydrogen (secondary N) is 1. The molecule has 24 heavy (non-hydrogen) atoms. The summed E-state index contributed by atoms with van der Waals surface area (Å²) in [5, 5.41) is 22.9. The second-order valence-electron chi connectivity index (χ2n) is 6.78. The monoisotopic (exact) mass is 338 g/mol. The summed E-state index contributed by atoms with van der Waals surface area (Å²) in [6.45, 7) is 9.48. The number of carboxylic acid groups (broad SMARTS) is 1. The molecule has 7 heteroatoms. The topological polar surface area (TPSA) is 102 Å². The molecule has 134 valence electrons. The highest BCUT2D eigenvalue weighted by molar-refractivity contribution is 5.66. The molecule has 0 saturated heterocycles. The van der Waals surface area contributed by atoms with Crippen molar-refractivity contribution in [2.45, 2.75) is 59.6 Å². The Morgan fingerprint density at radius 2 is 1.92 bits per heavy atom. The SMILES string of the molecule is CCC(CC)Oc1ccc([N+](=O)[O-])c(C(NC(=O)O)C(C)(C)C)c1. The molecule has 0 fully saturated rings. The van der Waals surface area contributed by atoms with Gasteiger partial charge in [-0.3, -0.25) is 10.1 Å². The number of hydrogen-bond donors (Lipinski definition) is 2. The lowest BCUT2D eigenvalue weighted by molar-refractivity contribution is -0.386. The maximum atomic E-state index is 11.4. The molecule has 0 saturated carbocycles. The van der Waals surface area contributed by atoms with Gasteiger partial charge in [0.2, 0.25) is 0 Å². The van der Waals surface area contributed by atoms with E-state index >= 15 is 0 Å². The molecule has 0 aliphatic heterocycles. The fourth-order valence-corrected chi connectivity index (χ4v) is 2.54. The lowest BCUT2D eigenvalue weighted by atomic mass is 9.81. The average molecular weight is 338 g/mol. The van der Waals surface area contributed by atoms with E-state index in [1.807, 2.05) is 34.6 Å². The Morgan fingerprint density at radius 3 is 2.33 bits per heavy atom. The third kappa shape index (κ3) is 5.11. The molecule has 2 N–H and O–H groups in total. The van der Waals surface area contributed by atoms with Crippen LogP contribution in [0, 0.1) is 15.5 Å². The largest absolute Gasteiger partial charge is 0.490 e. The molecule has 1 aromatic carbocycles. The van der Waals surface area contributed by atoms with Crippen LogP contribution in [-0.4, -0.2) is 22.2 Å². The maximum absolute atomic E-state index is 11.4. The Labute approximate surface area is 142 Å². The predicted octanol–water partition coefficient (Wildman–Crippen LogP) is 4.52. The molecular weight excluding hydrogens is 312 g/mol. The van der Waals surface area contributed by atoms with Crippen molar-refractivity contribution in [1.29, 1.82) is 0 Å². The van der Waals surface area contributed by atoms with Crippen molar-refractivity contribution in [1.82, 2.24) is 5.32 Å². The predicted molar refractivity (Wildman–Crippen MR) is 91.5 cm³/mol. The van der Waals surface area contributed by atoms with Gasteiger partial charge in [-0.2, -0.15) is 0 Å². The zero-order valence-corrected chi connectivity index (χ0v) is 14.8. The van der Waals surface area contributed by atoms with E-state index in [0.717, 1.165) is 12.8 Å². The summed E-state index contributed by atoms with van der Waals surface area (Å²) in [6.07, 6.45) is 0.424. The average Bonchev–Trinajstić information content (AvgIpc) is 2.48. The van der Waals surface area contributed by atoms with Gasteiger partial charge in [-0.1, -0.05) is 34.6 Å². The van der Waals surface area contributed by atoms with Gasteiger partial charge in [0, 0.05) is 6.07 Å². The fourth-order valence-electron chi connectivity index (χ4n) is 2.54. The molecule has 1 atom stereocenters. The molecule has 1 amide bonds. The van der Waals surface area contributed by atoms with Crippen LogP contribution in [0.2, 0.25) is 0 Å². The number of carbonyl (C=O) groups is 1. The summed E-state index contributed by atoms with van der Waals surface area (Å²) in [6, 6.07) is 3.76. The van der Waals surface area contributed by atoms with E-state index in [1.54, 1.807) is 12.1 Å². The molecule has 7 nitrogen and oxygen atoms in total. The zero-order chi connectivity index (χ0) is 18.5. The van der Waals surface area contributed by atoms with Crippen LogP contribution in [0.25, 0.3) is 0 Å². The molecule has 0 aliphatic carbocycles. The van der Waals surface area contributed by atoms with Crippen LogP contribution in [0.5, 0.6) is 5.75 Å². The minimum Gasteiger partial charge on any atom is -0.490 e. The maximum Gasteiger partial charge on any atom is 0.405 e. The number of amides is 1. The fraction of sp³-hybridized carbons (Fsp3) is 0.588. The Balaban J connectivity index is 3.38. The molecule has 1 aromatic rings. The molecule has 0 radical (unpaired) electrons. The normalized spacial score (nSPS) is 12.8. The Hall–Kier alpha value is -2.31. The number of rotatable bonds is 7. The van der Waals surface area contributed by atoms with Crippen molar-refractivity contribution in [2.24, 2.45) is 5.41 Å². The van der Waals surface area contributed by atoms with Crippen LogP contribution < -0.4 is 10.1 Å². The van der Waals surface area contributed by atoms with E-state index < -0.39 is 22.5 Å². The zero-order valence-electron chi connectivity index (χ0n) is 14.8. The van der Waals surface area contributed by atoms with E-state index in [9.17, 15) is 14.9 Å². The third-order valence-corrected chi connectivity index (χ3v) is 3.85. The van der Waals surface area contributed by atoms with E-state index in [2.05, 4.69) is 5.32 Å². The highest BCUT2D eigenvalue weighted by Crippen LogP contribution is 2.39. The lowest BCUT2D eigenvalue weighted by Crippen LogP contribution is -2.36. The number of nitro benzene ring substituents is 1. The summed E-state index contributed by atoms with van der Waals surface area (Å²) in [7, 11) is 0. The highest BCUT2D eigenvalue weighted by atomic mass is 16.6. The minimum absolute atomic E-state index is 0.0137. The summed E-state index contributed by atoms with van der Waals surface area (Å²) in [4.78, 5) is 22.0. The van der Waals surface area contributed by atoms with Gasteiger partial charge in [0.1, 0.15) is 5.75 Å². The van der Waals surface area contributed by atoms with Crippen LogP contribution >= 0.6 is 0 Å². The van der Waals surface area contributed by atoms with Gasteiger partial charge in [-0.25, -0.2) is 4.79 Å². The van der Waals surface area contributed by atoms with Crippen molar-refractivity contribution in [2.75, 3.05) is 0 Å². The first-order valence-corrected chi connectivity index (χ1v) is 8.04. The highest BCUT2D eigenvalue weighted by Gasteiger charge is 2.33. The molecule has 0 aliphatic rings. The second-order valence-corrected chi connectivity index (χ2v) is 6.78. The van der Waals surface area contributed by atoms with Gasteiger partial charge < -0.3 is 15.2 Å². The number of nitrogens with zero attached hydrogens (tertiary/aromatic N) is 1. The van der Waals surface area contributed by atoms with Crippen molar-refractivity contribution in [3.63, 3.8) is 0 Å². The Morgan fingerprint density at radius 1 is 1.33 bits per heavy atom. The summed E-state index contributed by atoms with van der Waals surface area (Å²) < 4.78 is 5.86. The van der Waals surface area contributed by atoms with Crippen molar-refractivity contribution in [3.8, 4) is 5.75 Å². The van der Waals surface area contributed by atoms with E-state index in [4.69, 9.17) is 9.84 Å². The number of benzene rings is 1. The van der Waals surface area contributed by atoms with E-state index in [-0.39, 0.29) is 11.8 Å². The van der Waals surface area contributed by atoms with Gasteiger partial charge in [-0.15, -0.1) is 0 Å². The molecule has 0 aromatic heterocycles. The number of nitro groups is 1. The lowest BCUT2D eigenvalue weighted by Gasteiger charge is -2.31. The summed E-state index contributed by atoms with van der Waals surface area (Å²) >= 11 is 0. The van der Waals surface area contributed by atoms with Gasteiger partial charge in [0.05, 0.1) is 22.6 Å². The summed E-state index contributed by atoms with van der Waals surface area (Å²) in [5.41, 5.74) is -0.365. The smallest absolute Gasteiger partial charge is 0.405 e. The molecule has 0 bridgehead atoms. The third-order valence-electron chi connectivity index (χ3n) is 3.85. The molecule has 1 unspecified atom stereocenters. The molecule has 0 spiro atoms.